The van der Waals surface area contributed by atoms with E-state index < -0.39 is 52.4 Å². The van der Waals surface area contributed by atoms with Gasteiger partial charge in [0.15, 0.2) is 0 Å². The smallest absolute Gasteiger partial charge is 0.536 e. The van der Waals surface area contributed by atoms with Gasteiger partial charge in [-0.1, -0.05) is 159 Å². The number of nitrogens with two attached hydrogens (primary N) is 1. The maximum Gasteiger partial charge on any atom is 0.569 e. The lowest BCUT2D eigenvalue weighted by molar-refractivity contribution is -0.0685. The molecule has 8 atom stereocenters. The summed E-state index contributed by atoms with van der Waals surface area (Å²) in [6.45, 7) is 13.6. The summed E-state index contributed by atoms with van der Waals surface area (Å²) in [5, 5.41) is 36.3. The minimum Gasteiger partial charge on any atom is -0.536 e. The highest BCUT2D eigenvalue weighted by Crippen LogP contribution is 2.46. The molecule has 0 bridgehead atoms. The van der Waals surface area contributed by atoms with Crippen molar-refractivity contribution in [3.8, 4) is 28.0 Å². The number of ether oxygens (including phenoxy) is 6. The molecule has 138 heavy (non-hydrogen) atoms. The minimum atomic E-state index is -0.898. The number of methoxy groups -OCH3 is 2. The van der Waals surface area contributed by atoms with Gasteiger partial charge < -0.3 is 78.8 Å². The van der Waals surface area contributed by atoms with Crippen LogP contribution in [0.4, 0.5) is 36.7 Å². The number of aliphatic hydroxyl groups is 3. The van der Waals surface area contributed by atoms with Crippen molar-refractivity contribution in [2.24, 2.45) is 5.73 Å². The van der Waals surface area contributed by atoms with Crippen LogP contribution in [0.2, 0.25) is 0 Å². The van der Waals surface area contributed by atoms with Gasteiger partial charge >= 0.3 is 44.0 Å². The number of cyclic esters (lactones) is 4. The fourth-order valence-corrected chi connectivity index (χ4v) is 17.4. The van der Waals surface area contributed by atoms with Crippen molar-refractivity contribution in [1.29, 1.82) is 0 Å². The van der Waals surface area contributed by atoms with Crippen molar-refractivity contribution < 1.29 is 105 Å². The maximum absolute atomic E-state index is 13.5. The number of benzene rings is 8. The summed E-state index contributed by atoms with van der Waals surface area (Å²) >= 11 is 6.84. The van der Waals surface area contributed by atoms with Crippen LogP contribution >= 0.6 is 31.9 Å². The van der Waals surface area contributed by atoms with Gasteiger partial charge in [-0.2, -0.15) is 0 Å². The minimum absolute atomic E-state index is 0. The number of hydrogen-bond acceptors (Lipinski definition) is 21. The van der Waals surface area contributed by atoms with Crippen LogP contribution in [-0.4, -0.2) is 173 Å². The normalized spacial score (nSPS) is 18.5. The summed E-state index contributed by atoms with van der Waals surface area (Å²) in [6.07, 6.45) is 14.6. The van der Waals surface area contributed by atoms with E-state index in [1.807, 2.05) is 125 Å². The van der Waals surface area contributed by atoms with Gasteiger partial charge in [0, 0.05) is 138 Å². The molecule has 26 nitrogen and oxygen atoms in total. The molecule has 0 unspecified atom stereocenters. The molecule has 4 aliphatic rings. The van der Waals surface area contributed by atoms with E-state index in [1.54, 1.807) is 98.7 Å². The fourth-order valence-electron chi connectivity index (χ4n) is 16.9. The fraction of sp³-hybridized carbons (Fsp3) is 0.308. The average Bonchev–Trinajstić information content (AvgIpc) is 0.834. The van der Waals surface area contributed by atoms with Gasteiger partial charge in [-0.15, -0.1) is 6.58 Å². The van der Waals surface area contributed by atoms with Gasteiger partial charge in [-0.3, -0.25) is 19.7 Å². The second-order valence-corrected chi connectivity index (χ2v) is 35.0. The van der Waals surface area contributed by atoms with E-state index >= 15 is 0 Å². The Morgan fingerprint density at radius 3 is 0.993 bits per heavy atom. The molecular formula is C104H108B2Br2F4N8O18. The summed E-state index contributed by atoms with van der Waals surface area (Å²) in [5.74, 6) is -2.58. The maximum atomic E-state index is 13.5. The number of halogens is 6. The lowest BCUT2D eigenvalue weighted by Gasteiger charge is -2.43. The number of aliphatic hydroxyl groups excluding tert-OH is 3. The topological polar surface area (TPSA) is 343 Å². The molecule has 15 rings (SSSR count). The van der Waals surface area contributed by atoms with Crippen molar-refractivity contribution in [1.82, 2.24) is 34.6 Å². The molecule has 11 aromatic rings. The summed E-state index contributed by atoms with van der Waals surface area (Å²) in [5.41, 5.74) is 13.1. The number of hydrogen-bond donors (Lipinski definition) is 5. The van der Waals surface area contributed by atoms with E-state index in [2.05, 4.69) is 62.8 Å². The van der Waals surface area contributed by atoms with Crippen LogP contribution in [0.5, 0.6) is 5.75 Å². The quantitative estimate of drug-likeness (QED) is 0.00918. The Morgan fingerprint density at radius 2 is 0.703 bits per heavy atom. The second kappa shape index (κ2) is 50.3. The number of primary amides is 1. The van der Waals surface area contributed by atoms with Crippen molar-refractivity contribution in [2.75, 3.05) is 60.2 Å². The van der Waals surface area contributed by atoms with Gasteiger partial charge in [0.2, 0.25) is 5.91 Å². The number of pyridine rings is 3. The number of amides is 5. The zero-order valence-electron chi connectivity index (χ0n) is 77.1. The average molecular weight is 2020 g/mol. The highest BCUT2D eigenvalue weighted by molar-refractivity contribution is 9.10. The monoisotopic (exact) mass is 2010 g/mol. The molecule has 5 amide bonds. The van der Waals surface area contributed by atoms with Crippen molar-refractivity contribution in [3.05, 3.63) is 356 Å². The standard InChI is InChI=1S/C28H29FN2O5.C27H28FN3O4.C21H23BrFNO3.C21H21BrFNO2.C7H7BNO4.B/c1-19(20-4-6-21(7-5-20)22-16-23(18-30-17-22)26(33)35-2)31-14-13-28(12-3-15-32,36-27(31)34)24-8-10-25(29)11-9-24;1-18(19-3-5-20(6-4-19)21-15-22(25(29)33)17-30-16-21)31-13-12-27(11-2-14-32,35-26(31)34)23-7-9-24(28)10-8-23;1-15(16-3-7-18(22)8-4-16)24-13-12-21(11-2-14-25,27-20(24)26)17-5-9-19(23)10-6-17;1-3-12-21(17-6-10-19(23)11-7-17)13-14-24(20(25)26-21)15(2)16-4-8-18(22)9-5-16;1-12-7(10)5-2-6(13-8-11)4-9-3-5;/h4-11,16-19,32H,3,12-15H2,1-2H3;3-10,15-18,32H,2,11-14H2,1H3,(H2,29,33);3-10,15,25H,2,11-14H2,1H3;3-11,15H,1,12-14H2,2H3;2-4,11H,1H3;/t19-,28+;18-,27+;2*15-,21+;;/m0000../s1. The van der Waals surface area contributed by atoms with Crippen LogP contribution in [0.15, 0.2) is 271 Å². The van der Waals surface area contributed by atoms with Crippen LogP contribution in [0.25, 0.3) is 22.3 Å². The molecular weight excluding hydrogens is 1910 g/mol. The lowest BCUT2D eigenvalue weighted by Crippen LogP contribution is -2.48. The Bertz CT molecular complexity index is 5910. The molecule has 720 valence electrons. The molecule has 4 fully saturated rings. The predicted molar refractivity (Wildman–Crippen MR) is 518 cm³/mol. The Labute approximate surface area is 818 Å². The summed E-state index contributed by atoms with van der Waals surface area (Å²) < 4.78 is 93.2. The van der Waals surface area contributed by atoms with E-state index in [1.165, 1.54) is 93.6 Å². The molecule has 4 saturated heterocycles. The number of rotatable bonds is 30. The molecule has 0 aliphatic carbocycles. The molecule has 4 aliphatic heterocycles. The van der Waals surface area contributed by atoms with Crippen LogP contribution in [0.1, 0.15) is 198 Å². The first kappa shape index (κ1) is 107. The highest BCUT2D eigenvalue weighted by atomic mass is 79.9. The van der Waals surface area contributed by atoms with Gasteiger partial charge in [-0.25, -0.2) is 46.3 Å². The van der Waals surface area contributed by atoms with Gasteiger partial charge in [-0.05, 0) is 213 Å². The van der Waals surface area contributed by atoms with Gasteiger partial charge in [0.25, 0.3) is 0 Å². The number of esters is 2. The molecule has 0 saturated carbocycles. The molecule has 4 radical (unpaired) electrons. The van der Waals surface area contributed by atoms with E-state index in [-0.39, 0.29) is 99.2 Å². The SMILES string of the molecule is C=CC[C@]1(c2ccc(F)cc2)CCN([C@@H](C)c2ccc(Br)cc2)C(=O)O1.COC(=O)c1cncc(-c2ccc([C@H](C)N3CC[C@](CCCO)(c4ccc(F)cc4)OC3=O)cc2)c1.COC(=O)c1cncc(O[B]O)c1.C[C@@H](c1ccc(-c2cncc(C(N)=O)c2)cc1)N1CC[C@](CCCO)(c2ccc(F)cc2)OC1=O.C[C@@H](c1ccc(Br)cc1)N1CC[C@](CCCO)(c2ccc(F)cc2)OC1=O.[B]. The molecule has 0 spiro atoms. The Kier molecular flexibility index (Phi) is 39.0. The van der Waals surface area contributed by atoms with Crippen molar-refractivity contribution in [3.63, 3.8) is 0 Å². The first-order chi connectivity index (χ1) is 65.9. The third-order valence-corrected chi connectivity index (χ3v) is 25.9. The van der Waals surface area contributed by atoms with Crippen molar-refractivity contribution >= 4 is 90.2 Å². The van der Waals surface area contributed by atoms with E-state index in [9.17, 15) is 66.4 Å². The van der Waals surface area contributed by atoms with Crippen LogP contribution in [-0.2, 0) is 50.8 Å². The van der Waals surface area contributed by atoms with Crippen LogP contribution in [0.3, 0.4) is 0 Å². The van der Waals surface area contributed by atoms with Crippen LogP contribution in [0, 0.1) is 23.3 Å². The van der Waals surface area contributed by atoms with Gasteiger partial charge in [0.1, 0.15) is 51.4 Å². The van der Waals surface area contributed by atoms with Crippen molar-refractivity contribution in [2.45, 2.75) is 145 Å². The highest BCUT2D eigenvalue weighted by Gasteiger charge is 2.48. The number of aromatic nitrogens is 3. The first-order valence-corrected chi connectivity index (χ1v) is 46.1. The first-order valence-electron chi connectivity index (χ1n) is 44.5. The van der Waals surface area contributed by atoms with E-state index in [0.29, 0.717) is 116 Å². The summed E-state index contributed by atoms with van der Waals surface area (Å²) in [6, 6.07) is 59.5. The molecule has 7 heterocycles. The summed E-state index contributed by atoms with van der Waals surface area (Å²) in [4.78, 5) is 105. The van der Waals surface area contributed by atoms with Gasteiger partial charge in [0.05, 0.1) is 61.3 Å². The molecule has 8 aromatic carbocycles. The largest absolute Gasteiger partial charge is 0.569 e. The third kappa shape index (κ3) is 27.2. The number of nitrogens with zero attached hydrogens (tertiary/aromatic N) is 7. The zero-order chi connectivity index (χ0) is 98.6. The summed E-state index contributed by atoms with van der Waals surface area (Å²) in [7, 11) is 3.11. The third-order valence-electron chi connectivity index (χ3n) is 24.8. The van der Waals surface area contributed by atoms with E-state index in [4.69, 9.17) is 34.4 Å². The number of carbonyl (C=O) groups excluding carboxylic acids is 7. The Morgan fingerprint density at radius 1 is 0.428 bits per heavy atom. The van der Waals surface area contributed by atoms with E-state index in [0.717, 1.165) is 75.7 Å². The molecule has 3 aromatic heterocycles. The number of carbonyl (C=O) groups is 7. The second-order valence-electron chi connectivity index (χ2n) is 33.2. The van der Waals surface area contributed by atoms with Crippen LogP contribution < -0.4 is 10.4 Å². The zero-order valence-corrected chi connectivity index (χ0v) is 80.3. The Balaban J connectivity index is 0.000000183. The Hall–Kier alpha value is -13.1. The molecule has 34 heteroatoms. The molecule has 6 N–H and O–H groups in total. The predicted octanol–water partition coefficient (Wildman–Crippen LogP) is 20.3. The lowest BCUT2D eigenvalue weighted by atomic mass is 9.84.